The number of esters is 2. The summed E-state index contributed by atoms with van der Waals surface area (Å²) in [5.41, 5.74) is 0.838. The molecule has 5 fully saturated rings. The average molecular weight is 1140 g/mol. The monoisotopic (exact) mass is 1130 g/mol. The van der Waals surface area contributed by atoms with Gasteiger partial charge in [0, 0.05) is 99.3 Å². The Kier molecular flexibility index (Phi) is 30.6. The van der Waals surface area contributed by atoms with Crippen LogP contribution in [0.15, 0.2) is 82.5 Å². The molecule has 0 spiro atoms. The highest BCUT2D eigenvalue weighted by atomic mass is 35.5. The van der Waals surface area contributed by atoms with Gasteiger partial charge in [0.25, 0.3) is 0 Å². The lowest BCUT2D eigenvalue weighted by atomic mass is 9.95. The maximum atomic E-state index is 13.8. The molecular formula is C56H80ClFN4O15S. The van der Waals surface area contributed by atoms with Crippen molar-refractivity contribution in [3.05, 3.63) is 98.9 Å². The van der Waals surface area contributed by atoms with E-state index in [0.29, 0.717) is 48.3 Å². The van der Waals surface area contributed by atoms with Crippen LogP contribution in [0, 0.1) is 5.82 Å². The largest absolute Gasteiger partial charge is 0.478 e. The Balaban J connectivity index is 0.000000253. The molecule has 78 heavy (non-hydrogen) atoms. The number of amidine groups is 1. The molecule has 0 amide bonds. The number of benzene rings is 1. The Morgan fingerprint density at radius 2 is 1.44 bits per heavy atom. The number of methoxy groups -OCH3 is 1. The van der Waals surface area contributed by atoms with Crippen molar-refractivity contribution in [3.8, 4) is 0 Å². The van der Waals surface area contributed by atoms with E-state index in [9.17, 15) is 23.6 Å². The zero-order valence-electron chi connectivity index (χ0n) is 45.6. The third kappa shape index (κ3) is 25.9. The van der Waals surface area contributed by atoms with Crippen LogP contribution in [0.2, 0.25) is 5.02 Å². The first kappa shape index (κ1) is 65.6. The summed E-state index contributed by atoms with van der Waals surface area (Å²) >= 11 is 7.78. The van der Waals surface area contributed by atoms with Crippen LogP contribution in [0.3, 0.4) is 0 Å². The van der Waals surface area contributed by atoms with Gasteiger partial charge in [-0.15, -0.1) is 11.3 Å². The molecule has 6 atom stereocenters. The van der Waals surface area contributed by atoms with E-state index in [-0.39, 0.29) is 54.4 Å². The Hall–Kier alpha value is -4.94. The number of thiazole rings is 1. The lowest BCUT2D eigenvalue weighted by Gasteiger charge is -2.34. The molecule has 5 saturated heterocycles. The number of carboxylic acids is 2. The van der Waals surface area contributed by atoms with Crippen LogP contribution in [0.25, 0.3) is 0 Å². The van der Waals surface area contributed by atoms with Gasteiger partial charge in [0.2, 0.25) is 0 Å². The van der Waals surface area contributed by atoms with Crippen LogP contribution in [0.4, 0.5) is 4.39 Å². The summed E-state index contributed by atoms with van der Waals surface area (Å²) in [4.78, 5) is 56.7. The van der Waals surface area contributed by atoms with Gasteiger partial charge in [-0.2, -0.15) is 0 Å². The molecule has 6 aliphatic rings. The lowest BCUT2D eigenvalue weighted by molar-refractivity contribution is -0.148. The molecule has 4 N–H and O–H groups in total. The molecule has 22 heteroatoms. The van der Waals surface area contributed by atoms with Crippen molar-refractivity contribution >= 4 is 52.7 Å². The van der Waals surface area contributed by atoms with Gasteiger partial charge in [0.05, 0.1) is 49.8 Å². The molecule has 19 nitrogen and oxygen atoms in total. The van der Waals surface area contributed by atoms with Crippen LogP contribution >= 0.6 is 22.9 Å². The number of rotatable bonds is 14. The molecule has 1 aromatic heterocycles. The first-order valence-corrected chi connectivity index (χ1v) is 28.0. The second-order valence-corrected chi connectivity index (χ2v) is 20.9. The van der Waals surface area contributed by atoms with Crippen LogP contribution < -0.4 is 5.32 Å². The van der Waals surface area contributed by atoms with Crippen LogP contribution in [-0.2, 0) is 57.1 Å². The molecule has 2 unspecified atom stereocenters. The van der Waals surface area contributed by atoms with E-state index in [2.05, 4.69) is 10.3 Å². The van der Waals surface area contributed by atoms with Crippen molar-refractivity contribution in [2.24, 2.45) is 4.99 Å². The number of nitrogens with one attached hydrogen (secondary N) is 1. The second-order valence-electron chi connectivity index (χ2n) is 19.6. The fourth-order valence-electron chi connectivity index (χ4n) is 8.37. The summed E-state index contributed by atoms with van der Waals surface area (Å²) < 4.78 is 56.1. The number of carbonyl (C=O) groups excluding carboxylic acids is 2. The van der Waals surface area contributed by atoms with E-state index < -0.39 is 41.5 Å². The van der Waals surface area contributed by atoms with Crippen molar-refractivity contribution in [2.75, 3.05) is 73.0 Å². The van der Waals surface area contributed by atoms with E-state index in [1.54, 1.807) is 32.4 Å². The van der Waals surface area contributed by atoms with E-state index in [1.165, 1.54) is 67.4 Å². The Bertz CT molecular complexity index is 2250. The number of halogens is 2. The van der Waals surface area contributed by atoms with Gasteiger partial charge in [-0.3, -0.25) is 9.89 Å². The smallest absolute Gasteiger partial charge is 0.338 e. The predicted molar refractivity (Wildman–Crippen MR) is 293 cm³/mol. The van der Waals surface area contributed by atoms with E-state index in [1.807, 2.05) is 31.1 Å². The van der Waals surface area contributed by atoms with E-state index in [0.717, 1.165) is 89.9 Å². The van der Waals surface area contributed by atoms with Crippen LogP contribution in [0.5, 0.6) is 0 Å². The van der Waals surface area contributed by atoms with Crippen LogP contribution in [-0.4, -0.2) is 164 Å². The highest BCUT2D eigenvalue weighted by Gasteiger charge is 2.35. The molecule has 6 aliphatic heterocycles. The number of aliphatic hydroxyl groups is 1. The third-order valence-corrected chi connectivity index (χ3v) is 13.2. The summed E-state index contributed by atoms with van der Waals surface area (Å²) in [6, 6.07) is 3.11. The number of carbonyl (C=O) groups is 4. The summed E-state index contributed by atoms with van der Waals surface area (Å²) in [7, 11) is 1.69. The van der Waals surface area contributed by atoms with Crippen molar-refractivity contribution in [1.82, 2.24) is 15.2 Å². The molecule has 1 aromatic carbocycles. The number of aliphatic carboxylic acids is 2. The summed E-state index contributed by atoms with van der Waals surface area (Å²) in [6.07, 6.45) is 23.5. The third-order valence-electron chi connectivity index (χ3n) is 12.1. The van der Waals surface area contributed by atoms with E-state index >= 15 is 0 Å². The van der Waals surface area contributed by atoms with Crippen LogP contribution in [0.1, 0.15) is 121 Å². The number of aliphatic imine (C=N–C) groups is 1. The van der Waals surface area contributed by atoms with Gasteiger partial charge in [0.1, 0.15) is 17.5 Å². The maximum absolute atomic E-state index is 13.8. The number of morpholine rings is 1. The second kappa shape index (κ2) is 36.3. The Morgan fingerprint density at radius 3 is 1.92 bits per heavy atom. The highest BCUT2D eigenvalue weighted by Crippen LogP contribution is 2.37. The summed E-state index contributed by atoms with van der Waals surface area (Å²) in [5.74, 6) is -2.87. The topological polar surface area (TPSA) is 243 Å². The SMILES string of the molecule is CC(C)(C)OC(=O)/C=C/[C@@H]1CCCCO1.CCOC(=O)C1=C(CN2CCO[C@H](/C=C/C(=O)O)C2)NC(c2nccs2)=NC1c1ccc(F)cc1Cl.COC1CCCCO1.O=C(O)/C=C/[C@@H]1CCCCO1.OC[C@@H]1CCCCO1. The molecule has 434 valence electrons. The molecular weight excluding hydrogens is 1060 g/mol. The van der Waals surface area contributed by atoms with Gasteiger partial charge in [-0.05, 0) is 135 Å². The van der Waals surface area contributed by atoms with Crippen molar-refractivity contribution in [3.63, 3.8) is 0 Å². The molecule has 0 aliphatic carbocycles. The molecule has 0 radical (unpaired) electrons. The fraction of sp³-hybridized carbons (Fsp3) is 0.607. The quantitative estimate of drug-likeness (QED) is 0.102. The number of ether oxygens (including phenoxy) is 8. The Labute approximate surface area is 466 Å². The number of hydrogen-bond acceptors (Lipinski definition) is 18. The number of aliphatic hydroxyl groups excluding tert-OH is 1. The van der Waals surface area contributed by atoms with Gasteiger partial charge >= 0.3 is 23.9 Å². The maximum Gasteiger partial charge on any atom is 0.338 e. The minimum atomic E-state index is -1.06. The summed E-state index contributed by atoms with van der Waals surface area (Å²) in [6.45, 7) is 12.6. The Morgan fingerprint density at radius 1 is 0.833 bits per heavy atom. The number of nitrogens with zero attached hydrogens (tertiary/aromatic N) is 3. The van der Waals surface area contributed by atoms with Gasteiger partial charge in [-0.1, -0.05) is 17.7 Å². The van der Waals surface area contributed by atoms with Crippen molar-refractivity contribution in [1.29, 1.82) is 0 Å². The molecule has 7 heterocycles. The molecule has 0 saturated carbocycles. The lowest BCUT2D eigenvalue weighted by Crippen LogP contribution is -2.46. The zero-order chi connectivity index (χ0) is 56.7. The normalized spacial score (nSPS) is 23.9. The minimum absolute atomic E-state index is 0.0276. The minimum Gasteiger partial charge on any atom is -0.478 e. The fourth-order valence-corrected chi connectivity index (χ4v) is 9.22. The molecule has 8 rings (SSSR count). The number of carboxylic acid groups (broad SMARTS) is 2. The summed E-state index contributed by atoms with van der Waals surface area (Å²) in [5, 5.41) is 31.6. The standard InChI is InChI=1S/C24H24ClFN4O5S.C12H20O3.C8H12O3.2C6H12O2/c1-2-34-24(33)20-18(13-30-8-9-35-15(12-30)4-6-19(31)32)28-22(23-27-7-10-36-23)29-21(20)16-5-3-14(26)11-17(16)25;1-12(2,3)15-11(13)8-7-10-6-4-5-9-14-10;9-8(10)5-4-7-3-1-2-6-11-7;1-7-6-4-2-3-5-8-6;7-5-6-3-1-2-4-8-6/h3-7,10-11,15,21H,2,8-9,12-13H2,1H3,(H,28,29)(H,31,32);7-8,10H,4-6,9H2,1-3H3;4-5,7H,1-3,6H2,(H,9,10);6H,2-5H2,1H3;6-7H,1-5H2/b6-4+;8-7+;5-4+;;/t15-,21?;10-;7-;;6-/m100.0/s1. The van der Waals surface area contributed by atoms with Crippen molar-refractivity contribution < 1.29 is 76.8 Å². The molecule has 0 bridgehead atoms. The average Bonchev–Trinajstić information content (AvgIpc) is 4.07. The zero-order valence-corrected chi connectivity index (χ0v) is 47.2. The highest BCUT2D eigenvalue weighted by molar-refractivity contribution is 7.11. The van der Waals surface area contributed by atoms with Gasteiger partial charge in [-0.25, -0.2) is 28.6 Å². The van der Waals surface area contributed by atoms with E-state index in [4.69, 9.17) is 69.8 Å². The number of aromatic nitrogens is 1. The molecule has 2 aromatic rings. The predicted octanol–water partition coefficient (Wildman–Crippen LogP) is 8.54. The van der Waals surface area contributed by atoms with Gasteiger partial charge in [0.15, 0.2) is 17.1 Å². The first-order chi connectivity index (χ1) is 37.5. The van der Waals surface area contributed by atoms with Gasteiger partial charge < -0.3 is 58.5 Å². The van der Waals surface area contributed by atoms with Crippen molar-refractivity contribution in [2.45, 2.75) is 147 Å². The number of hydrogen-bond donors (Lipinski definition) is 4. The first-order valence-electron chi connectivity index (χ1n) is 26.8.